The highest BCUT2D eigenvalue weighted by atomic mass is 32.1. The van der Waals surface area contributed by atoms with Crippen LogP contribution in [0.2, 0.25) is 0 Å². The van der Waals surface area contributed by atoms with Crippen molar-refractivity contribution >= 4 is 17.3 Å². The van der Waals surface area contributed by atoms with Crippen molar-refractivity contribution in [2.75, 3.05) is 13.2 Å². The molecule has 0 aromatic carbocycles. The Morgan fingerprint density at radius 2 is 2.25 bits per heavy atom. The van der Waals surface area contributed by atoms with Crippen molar-refractivity contribution < 1.29 is 9.53 Å². The molecule has 1 aromatic heterocycles. The van der Waals surface area contributed by atoms with Crippen LogP contribution in [-0.2, 0) is 16.1 Å². The van der Waals surface area contributed by atoms with Gasteiger partial charge in [-0.2, -0.15) is 0 Å². The van der Waals surface area contributed by atoms with Crippen molar-refractivity contribution in [2.45, 2.75) is 33.7 Å². The van der Waals surface area contributed by atoms with Gasteiger partial charge in [0.25, 0.3) is 0 Å². The molecule has 0 radical (unpaired) electrons. The Hall–Kier alpha value is -0.870. The van der Waals surface area contributed by atoms with Crippen LogP contribution in [0.4, 0.5) is 0 Å². The molecule has 0 aliphatic carbocycles. The molecule has 0 unspecified atom stereocenters. The van der Waals surface area contributed by atoms with E-state index in [1.807, 2.05) is 6.92 Å². The smallest absolute Gasteiger partial charge is 0.307 e. The summed E-state index contributed by atoms with van der Waals surface area (Å²) in [6.07, 6.45) is 0.442. The number of carbonyl (C=O) groups is 1. The number of thiophene rings is 1. The minimum atomic E-state index is -0.131. The van der Waals surface area contributed by atoms with Crippen molar-refractivity contribution in [1.82, 2.24) is 5.32 Å². The van der Waals surface area contributed by atoms with Gasteiger partial charge < -0.3 is 10.1 Å². The lowest BCUT2D eigenvalue weighted by Crippen LogP contribution is -2.18. The highest BCUT2D eigenvalue weighted by Crippen LogP contribution is 2.20. The standard InChI is InChI=1S/C12H19NO2S/c1-4-15-12(14)5-6-13-8-11-7-9(2)10(3)16-11/h7,13H,4-6,8H2,1-3H3. The third kappa shape index (κ3) is 4.33. The predicted molar refractivity (Wildman–Crippen MR) is 66.7 cm³/mol. The molecule has 0 fully saturated rings. The molecule has 90 valence electrons. The van der Waals surface area contributed by atoms with Crippen LogP contribution in [0.3, 0.4) is 0 Å². The van der Waals surface area contributed by atoms with E-state index in [-0.39, 0.29) is 5.97 Å². The van der Waals surface area contributed by atoms with Crippen LogP contribution >= 0.6 is 11.3 Å². The van der Waals surface area contributed by atoms with Gasteiger partial charge in [-0.25, -0.2) is 0 Å². The van der Waals surface area contributed by atoms with Crippen LogP contribution in [-0.4, -0.2) is 19.1 Å². The van der Waals surface area contributed by atoms with Crippen molar-refractivity contribution in [3.63, 3.8) is 0 Å². The Labute approximate surface area is 101 Å². The lowest BCUT2D eigenvalue weighted by Gasteiger charge is -2.02. The van der Waals surface area contributed by atoms with Crippen molar-refractivity contribution in [2.24, 2.45) is 0 Å². The lowest BCUT2D eigenvalue weighted by atomic mass is 10.3. The third-order valence-corrected chi connectivity index (χ3v) is 3.48. The quantitative estimate of drug-likeness (QED) is 0.614. The zero-order chi connectivity index (χ0) is 12.0. The molecule has 0 aliphatic heterocycles. The zero-order valence-electron chi connectivity index (χ0n) is 10.1. The summed E-state index contributed by atoms with van der Waals surface area (Å²) >= 11 is 1.80. The molecule has 0 bridgehead atoms. The number of esters is 1. The van der Waals surface area contributed by atoms with Gasteiger partial charge in [-0.15, -0.1) is 11.3 Å². The minimum Gasteiger partial charge on any atom is -0.466 e. The van der Waals surface area contributed by atoms with Gasteiger partial charge in [0.1, 0.15) is 0 Å². The molecule has 0 amide bonds. The van der Waals surface area contributed by atoms with E-state index in [1.54, 1.807) is 11.3 Å². The minimum absolute atomic E-state index is 0.131. The number of rotatable bonds is 6. The fourth-order valence-electron chi connectivity index (χ4n) is 1.37. The second kappa shape index (κ2) is 6.66. The van der Waals surface area contributed by atoms with E-state index in [0.717, 1.165) is 6.54 Å². The van der Waals surface area contributed by atoms with E-state index in [4.69, 9.17) is 4.74 Å². The number of aryl methyl sites for hydroxylation is 2. The molecule has 1 rings (SSSR count). The van der Waals surface area contributed by atoms with Crippen LogP contribution in [0.5, 0.6) is 0 Å². The lowest BCUT2D eigenvalue weighted by molar-refractivity contribution is -0.142. The van der Waals surface area contributed by atoms with Gasteiger partial charge >= 0.3 is 5.97 Å². The van der Waals surface area contributed by atoms with E-state index in [1.165, 1.54) is 15.3 Å². The second-order valence-electron chi connectivity index (χ2n) is 3.68. The van der Waals surface area contributed by atoms with Crippen LogP contribution in [0.25, 0.3) is 0 Å². The summed E-state index contributed by atoms with van der Waals surface area (Å²) in [4.78, 5) is 13.7. The summed E-state index contributed by atoms with van der Waals surface area (Å²) in [7, 11) is 0. The highest BCUT2D eigenvalue weighted by Gasteiger charge is 2.03. The van der Waals surface area contributed by atoms with Gasteiger partial charge in [0.2, 0.25) is 0 Å². The molecule has 1 N–H and O–H groups in total. The maximum absolute atomic E-state index is 11.1. The SMILES string of the molecule is CCOC(=O)CCNCc1cc(C)c(C)s1. The Morgan fingerprint density at radius 1 is 1.50 bits per heavy atom. The second-order valence-corrected chi connectivity index (χ2v) is 5.02. The Bertz CT molecular complexity index is 327. The number of hydrogen-bond acceptors (Lipinski definition) is 4. The fraction of sp³-hybridized carbons (Fsp3) is 0.583. The first-order chi connectivity index (χ1) is 7.63. The van der Waals surface area contributed by atoms with E-state index < -0.39 is 0 Å². The van der Waals surface area contributed by atoms with E-state index in [2.05, 4.69) is 25.2 Å². The third-order valence-electron chi connectivity index (χ3n) is 2.33. The highest BCUT2D eigenvalue weighted by molar-refractivity contribution is 7.12. The molecule has 4 heteroatoms. The van der Waals surface area contributed by atoms with Crippen molar-refractivity contribution in [3.05, 3.63) is 21.4 Å². The molecule has 1 aromatic rings. The first-order valence-corrected chi connectivity index (χ1v) is 6.37. The molecular weight excluding hydrogens is 222 g/mol. The van der Waals surface area contributed by atoms with Gasteiger partial charge in [0.15, 0.2) is 0 Å². The molecule has 0 atom stereocenters. The van der Waals surface area contributed by atoms with E-state index >= 15 is 0 Å². The number of carbonyl (C=O) groups excluding carboxylic acids is 1. The topological polar surface area (TPSA) is 38.3 Å². The zero-order valence-corrected chi connectivity index (χ0v) is 10.9. The maximum Gasteiger partial charge on any atom is 0.307 e. The fourth-order valence-corrected chi connectivity index (χ4v) is 2.40. The van der Waals surface area contributed by atoms with Crippen LogP contribution in [0, 0.1) is 13.8 Å². The average Bonchev–Trinajstić information content (AvgIpc) is 2.54. The monoisotopic (exact) mass is 241 g/mol. The van der Waals surface area contributed by atoms with Gasteiger partial charge in [-0.3, -0.25) is 4.79 Å². The predicted octanol–water partition coefficient (Wildman–Crippen LogP) is 2.41. The maximum atomic E-state index is 11.1. The Kier molecular flexibility index (Phi) is 5.49. The summed E-state index contributed by atoms with van der Waals surface area (Å²) in [5.74, 6) is -0.131. The van der Waals surface area contributed by atoms with Crippen molar-refractivity contribution in [3.8, 4) is 0 Å². The normalized spacial score (nSPS) is 10.4. The number of ether oxygens (including phenoxy) is 1. The summed E-state index contributed by atoms with van der Waals surface area (Å²) < 4.78 is 4.84. The van der Waals surface area contributed by atoms with Crippen LogP contribution in [0.1, 0.15) is 28.7 Å². The average molecular weight is 241 g/mol. The Morgan fingerprint density at radius 3 is 2.81 bits per heavy atom. The summed E-state index contributed by atoms with van der Waals surface area (Å²) in [6, 6.07) is 2.19. The molecule has 0 saturated carbocycles. The largest absolute Gasteiger partial charge is 0.466 e. The summed E-state index contributed by atoms with van der Waals surface area (Å²) in [5, 5.41) is 3.24. The van der Waals surface area contributed by atoms with Gasteiger partial charge in [-0.05, 0) is 32.4 Å². The molecule has 0 spiro atoms. The molecule has 3 nitrogen and oxygen atoms in total. The van der Waals surface area contributed by atoms with Gasteiger partial charge in [0.05, 0.1) is 13.0 Å². The van der Waals surface area contributed by atoms with Gasteiger partial charge in [0, 0.05) is 22.8 Å². The summed E-state index contributed by atoms with van der Waals surface area (Å²) in [5.41, 5.74) is 1.34. The van der Waals surface area contributed by atoms with E-state index in [9.17, 15) is 4.79 Å². The van der Waals surface area contributed by atoms with Crippen LogP contribution < -0.4 is 5.32 Å². The first-order valence-electron chi connectivity index (χ1n) is 5.55. The van der Waals surface area contributed by atoms with Crippen LogP contribution in [0.15, 0.2) is 6.07 Å². The first kappa shape index (κ1) is 13.2. The molecular formula is C12H19NO2S. The number of hydrogen-bond donors (Lipinski definition) is 1. The molecule has 16 heavy (non-hydrogen) atoms. The van der Waals surface area contributed by atoms with E-state index in [0.29, 0.717) is 19.6 Å². The van der Waals surface area contributed by atoms with Gasteiger partial charge in [-0.1, -0.05) is 0 Å². The summed E-state index contributed by atoms with van der Waals surface area (Å²) in [6.45, 7) is 8.04. The van der Waals surface area contributed by atoms with Crippen molar-refractivity contribution in [1.29, 1.82) is 0 Å². The molecule has 0 aliphatic rings. The molecule has 1 heterocycles. The Balaban J connectivity index is 2.18. The molecule has 0 saturated heterocycles. The number of nitrogens with one attached hydrogen (secondary N) is 1.